The number of nitrogens with two attached hydrogens (primary N) is 1. The zero-order chi connectivity index (χ0) is 10.7. The van der Waals surface area contributed by atoms with Gasteiger partial charge < -0.3 is 10.5 Å². The van der Waals surface area contributed by atoms with Crippen LogP contribution in [0.25, 0.3) is 5.69 Å². The molecule has 0 saturated carbocycles. The standard InChI is InChI=1S/C10H12N4O/c1-15-9-3-2-8(7-11)10(6-9)14-5-4-12-13-14/h2-6H,7,11H2,1H3. The van der Waals surface area contributed by atoms with E-state index in [9.17, 15) is 0 Å². The first kappa shape index (κ1) is 9.67. The molecule has 0 aliphatic carbocycles. The number of hydrogen-bond donors (Lipinski definition) is 1. The molecule has 0 atom stereocenters. The summed E-state index contributed by atoms with van der Waals surface area (Å²) in [5, 5.41) is 7.69. The fourth-order valence-corrected chi connectivity index (χ4v) is 1.39. The largest absolute Gasteiger partial charge is 0.497 e. The third-order valence-electron chi connectivity index (χ3n) is 2.18. The molecule has 0 radical (unpaired) electrons. The van der Waals surface area contributed by atoms with E-state index in [4.69, 9.17) is 10.5 Å². The van der Waals surface area contributed by atoms with E-state index in [0.717, 1.165) is 17.0 Å². The molecule has 2 rings (SSSR count). The second-order valence-corrected chi connectivity index (χ2v) is 3.05. The van der Waals surface area contributed by atoms with Gasteiger partial charge in [-0.15, -0.1) is 5.10 Å². The normalized spacial score (nSPS) is 10.3. The lowest BCUT2D eigenvalue weighted by atomic mass is 10.1. The van der Waals surface area contributed by atoms with Gasteiger partial charge in [0.1, 0.15) is 5.75 Å². The van der Waals surface area contributed by atoms with Gasteiger partial charge in [0.15, 0.2) is 0 Å². The molecule has 0 spiro atoms. The molecule has 0 aliphatic rings. The van der Waals surface area contributed by atoms with Gasteiger partial charge >= 0.3 is 0 Å². The molecule has 15 heavy (non-hydrogen) atoms. The Morgan fingerprint density at radius 3 is 2.93 bits per heavy atom. The Bertz CT molecular complexity index is 439. The molecule has 1 heterocycles. The van der Waals surface area contributed by atoms with Crippen molar-refractivity contribution in [3.05, 3.63) is 36.2 Å². The maximum Gasteiger partial charge on any atom is 0.121 e. The van der Waals surface area contributed by atoms with Gasteiger partial charge in [0.25, 0.3) is 0 Å². The number of methoxy groups -OCH3 is 1. The highest BCUT2D eigenvalue weighted by atomic mass is 16.5. The topological polar surface area (TPSA) is 66.0 Å². The molecule has 0 aliphatic heterocycles. The predicted octanol–water partition coefficient (Wildman–Crippen LogP) is 0.735. The summed E-state index contributed by atoms with van der Waals surface area (Å²) in [5.41, 5.74) is 7.54. The van der Waals surface area contributed by atoms with Gasteiger partial charge in [-0.3, -0.25) is 0 Å². The van der Waals surface area contributed by atoms with Crippen molar-refractivity contribution in [1.29, 1.82) is 0 Å². The van der Waals surface area contributed by atoms with Crippen LogP contribution in [0.4, 0.5) is 0 Å². The Hall–Kier alpha value is -1.88. The van der Waals surface area contributed by atoms with Crippen molar-refractivity contribution in [2.45, 2.75) is 6.54 Å². The lowest BCUT2D eigenvalue weighted by Crippen LogP contribution is -2.05. The summed E-state index contributed by atoms with van der Waals surface area (Å²) in [6.45, 7) is 0.458. The van der Waals surface area contributed by atoms with E-state index in [1.54, 1.807) is 24.2 Å². The van der Waals surface area contributed by atoms with Crippen molar-refractivity contribution < 1.29 is 4.74 Å². The minimum atomic E-state index is 0.458. The molecular weight excluding hydrogens is 192 g/mol. The minimum absolute atomic E-state index is 0.458. The van der Waals surface area contributed by atoms with Gasteiger partial charge in [-0.05, 0) is 11.6 Å². The van der Waals surface area contributed by atoms with Crippen LogP contribution in [0.1, 0.15) is 5.56 Å². The Morgan fingerprint density at radius 1 is 1.47 bits per heavy atom. The van der Waals surface area contributed by atoms with Gasteiger partial charge in [0, 0.05) is 12.6 Å². The minimum Gasteiger partial charge on any atom is -0.497 e. The average molecular weight is 204 g/mol. The summed E-state index contributed by atoms with van der Waals surface area (Å²) in [7, 11) is 1.63. The highest BCUT2D eigenvalue weighted by Crippen LogP contribution is 2.20. The summed E-state index contributed by atoms with van der Waals surface area (Å²) in [6.07, 6.45) is 3.40. The molecule has 0 amide bonds. The summed E-state index contributed by atoms with van der Waals surface area (Å²) in [5.74, 6) is 0.776. The van der Waals surface area contributed by atoms with Crippen LogP contribution in [0.5, 0.6) is 5.75 Å². The third-order valence-corrected chi connectivity index (χ3v) is 2.18. The number of hydrogen-bond acceptors (Lipinski definition) is 4. The monoisotopic (exact) mass is 204 g/mol. The molecule has 2 aromatic rings. The van der Waals surface area contributed by atoms with E-state index in [2.05, 4.69) is 10.3 Å². The second-order valence-electron chi connectivity index (χ2n) is 3.05. The molecular formula is C10H12N4O. The lowest BCUT2D eigenvalue weighted by Gasteiger charge is -2.08. The molecule has 5 nitrogen and oxygen atoms in total. The fraction of sp³-hybridized carbons (Fsp3) is 0.200. The van der Waals surface area contributed by atoms with Crippen LogP contribution in [0, 0.1) is 0 Å². The van der Waals surface area contributed by atoms with Crippen LogP contribution >= 0.6 is 0 Å². The first-order valence-corrected chi connectivity index (χ1v) is 4.59. The van der Waals surface area contributed by atoms with E-state index in [1.807, 2.05) is 18.2 Å². The number of rotatable bonds is 3. The molecule has 5 heteroatoms. The zero-order valence-corrected chi connectivity index (χ0v) is 8.42. The molecule has 2 N–H and O–H groups in total. The summed E-state index contributed by atoms with van der Waals surface area (Å²) >= 11 is 0. The Morgan fingerprint density at radius 2 is 2.33 bits per heavy atom. The molecule has 1 aromatic carbocycles. The highest BCUT2D eigenvalue weighted by Gasteiger charge is 2.05. The van der Waals surface area contributed by atoms with Crippen molar-refractivity contribution in [3.63, 3.8) is 0 Å². The number of nitrogens with zero attached hydrogens (tertiary/aromatic N) is 3. The van der Waals surface area contributed by atoms with Crippen LogP contribution < -0.4 is 10.5 Å². The zero-order valence-electron chi connectivity index (χ0n) is 8.42. The van der Waals surface area contributed by atoms with E-state index in [-0.39, 0.29) is 0 Å². The Balaban J connectivity index is 2.52. The van der Waals surface area contributed by atoms with Crippen LogP contribution in [-0.4, -0.2) is 22.1 Å². The van der Waals surface area contributed by atoms with Crippen LogP contribution in [-0.2, 0) is 6.54 Å². The summed E-state index contributed by atoms with van der Waals surface area (Å²) in [6, 6.07) is 5.69. The molecule has 0 bridgehead atoms. The van der Waals surface area contributed by atoms with Gasteiger partial charge in [-0.2, -0.15) is 0 Å². The van der Waals surface area contributed by atoms with Crippen molar-refractivity contribution in [1.82, 2.24) is 15.0 Å². The van der Waals surface area contributed by atoms with Gasteiger partial charge in [0.2, 0.25) is 0 Å². The molecule has 0 fully saturated rings. The first-order valence-electron chi connectivity index (χ1n) is 4.59. The molecule has 0 unspecified atom stereocenters. The first-order chi connectivity index (χ1) is 7.35. The van der Waals surface area contributed by atoms with Crippen molar-refractivity contribution in [2.24, 2.45) is 5.73 Å². The Kier molecular flexibility index (Phi) is 2.64. The van der Waals surface area contributed by atoms with Crippen LogP contribution in [0.2, 0.25) is 0 Å². The lowest BCUT2D eigenvalue weighted by molar-refractivity contribution is 0.414. The fourth-order valence-electron chi connectivity index (χ4n) is 1.39. The van der Waals surface area contributed by atoms with E-state index in [1.165, 1.54) is 0 Å². The predicted molar refractivity (Wildman–Crippen MR) is 55.8 cm³/mol. The SMILES string of the molecule is COc1ccc(CN)c(-n2ccnn2)c1. The highest BCUT2D eigenvalue weighted by molar-refractivity contribution is 5.45. The van der Waals surface area contributed by atoms with Crippen molar-refractivity contribution in [3.8, 4) is 11.4 Å². The quantitative estimate of drug-likeness (QED) is 0.800. The summed E-state index contributed by atoms with van der Waals surface area (Å²) < 4.78 is 6.82. The second kappa shape index (κ2) is 4.10. The van der Waals surface area contributed by atoms with Gasteiger partial charge in [-0.25, -0.2) is 4.68 Å². The number of benzene rings is 1. The van der Waals surface area contributed by atoms with Crippen molar-refractivity contribution in [2.75, 3.05) is 7.11 Å². The molecule has 1 aromatic heterocycles. The Labute approximate surface area is 87.5 Å². The van der Waals surface area contributed by atoms with Gasteiger partial charge in [0.05, 0.1) is 25.2 Å². The molecule has 78 valence electrons. The van der Waals surface area contributed by atoms with Crippen LogP contribution in [0.15, 0.2) is 30.6 Å². The van der Waals surface area contributed by atoms with Crippen molar-refractivity contribution >= 4 is 0 Å². The van der Waals surface area contributed by atoms with E-state index < -0.39 is 0 Å². The smallest absolute Gasteiger partial charge is 0.121 e. The van der Waals surface area contributed by atoms with E-state index in [0.29, 0.717) is 6.54 Å². The number of aromatic nitrogens is 3. The third kappa shape index (κ3) is 1.82. The summed E-state index contributed by atoms with van der Waals surface area (Å²) in [4.78, 5) is 0. The van der Waals surface area contributed by atoms with Gasteiger partial charge in [-0.1, -0.05) is 11.3 Å². The number of ether oxygens (including phenoxy) is 1. The van der Waals surface area contributed by atoms with E-state index >= 15 is 0 Å². The maximum absolute atomic E-state index is 5.65. The van der Waals surface area contributed by atoms with Crippen LogP contribution in [0.3, 0.4) is 0 Å². The molecule has 0 saturated heterocycles. The average Bonchev–Trinajstić information content (AvgIpc) is 2.81. The maximum atomic E-state index is 5.65.